The van der Waals surface area contributed by atoms with Crippen LogP contribution in [0, 0.1) is 0 Å². The summed E-state index contributed by atoms with van der Waals surface area (Å²) >= 11 is 0. The summed E-state index contributed by atoms with van der Waals surface area (Å²) < 4.78 is 0. The van der Waals surface area contributed by atoms with E-state index in [-0.39, 0.29) is 6.61 Å². The van der Waals surface area contributed by atoms with Gasteiger partial charge in [0.25, 0.3) is 0 Å². The highest BCUT2D eigenvalue weighted by Gasteiger charge is 2.30. The van der Waals surface area contributed by atoms with E-state index in [1.807, 2.05) is 4.90 Å². The molecule has 2 atom stereocenters. The monoisotopic (exact) mass is 210 g/mol. The van der Waals surface area contributed by atoms with Gasteiger partial charge in [0.1, 0.15) is 0 Å². The number of aliphatic hydroxyl groups is 3. The first-order valence-corrected chi connectivity index (χ1v) is 4.87. The van der Waals surface area contributed by atoms with Crippen LogP contribution in [-0.2, 0) is 6.61 Å². The number of rotatable bonds is 2. The van der Waals surface area contributed by atoms with Crippen molar-refractivity contribution in [3.63, 3.8) is 0 Å². The molecule has 1 aromatic heterocycles. The molecule has 15 heavy (non-hydrogen) atoms. The van der Waals surface area contributed by atoms with Crippen LogP contribution in [-0.4, -0.2) is 45.6 Å². The Morgan fingerprint density at radius 2 is 2.00 bits per heavy atom. The molecular weight excluding hydrogens is 196 g/mol. The van der Waals surface area contributed by atoms with Crippen molar-refractivity contribution < 1.29 is 15.3 Å². The lowest BCUT2D eigenvalue weighted by atomic mass is 10.2. The van der Waals surface area contributed by atoms with E-state index in [4.69, 9.17) is 5.11 Å². The zero-order chi connectivity index (χ0) is 10.8. The lowest BCUT2D eigenvalue weighted by Gasteiger charge is -2.20. The van der Waals surface area contributed by atoms with Crippen molar-refractivity contribution in [2.75, 3.05) is 18.0 Å². The van der Waals surface area contributed by atoms with Crippen LogP contribution in [0.5, 0.6) is 0 Å². The zero-order valence-electron chi connectivity index (χ0n) is 8.24. The molecule has 0 spiro atoms. The Morgan fingerprint density at radius 3 is 2.60 bits per heavy atom. The fourth-order valence-electron chi connectivity index (χ4n) is 1.82. The quantitative estimate of drug-likeness (QED) is 0.590. The first-order valence-electron chi connectivity index (χ1n) is 4.87. The van der Waals surface area contributed by atoms with E-state index in [1.54, 1.807) is 18.5 Å². The van der Waals surface area contributed by atoms with E-state index >= 15 is 0 Å². The van der Waals surface area contributed by atoms with Crippen LogP contribution in [0.4, 0.5) is 5.69 Å². The zero-order valence-corrected chi connectivity index (χ0v) is 8.24. The first kappa shape index (κ1) is 10.4. The van der Waals surface area contributed by atoms with Crippen molar-refractivity contribution in [3.8, 4) is 0 Å². The van der Waals surface area contributed by atoms with Crippen molar-refractivity contribution in [1.82, 2.24) is 4.98 Å². The molecule has 0 amide bonds. The van der Waals surface area contributed by atoms with Gasteiger partial charge >= 0.3 is 0 Å². The fourth-order valence-corrected chi connectivity index (χ4v) is 1.82. The highest BCUT2D eigenvalue weighted by atomic mass is 16.3. The highest BCUT2D eigenvalue weighted by Crippen LogP contribution is 2.23. The van der Waals surface area contributed by atoms with Gasteiger partial charge in [0.15, 0.2) is 0 Å². The maximum atomic E-state index is 9.42. The van der Waals surface area contributed by atoms with Gasteiger partial charge < -0.3 is 20.2 Å². The third kappa shape index (κ3) is 1.94. The van der Waals surface area contributed by atoms with E-state index in [0.717, 1.165) is 5.69 Å². The van der Waals surface area contributed by atoms with Gasteiger partial charge in [-0.1, -0.05) is 0 Å². The molecule has 2 unspecified atom stereocenters. The Balaban J connectivity index is 2.23. The average Bonchev–Trinajstić information content (AvgIpc) is 2.59. The van der Waals surface area contributed by atoms with Crippen LogP contribution in [0.1, 0.15) is 5.56 Å². The number of aromatic nitrogens is 1. The van der Waals surface area contributed by atoms with Crippen molar-refractivity contribution in [2.24, 2.45) is 0 Å². The molecular formula is C10H14N2O3. The Labute approximate surface area is 87.6 Å². The standard InChI is InChI=1S/C10H14N2O3/c13-6-7-3-11-2-1-8(7)12-4-9(14)10(15)5-12/h1-3,9-10,13-15H,4-6H2. The predicted octanol–water partition coefficient (Wildman–Crippen LogP) is -0.884. The molecule has 1 aliphatic rings. The summed E-state index contributed by atoms with van der Waals surface area (Å²) in [5, 5.41) is 28.0. The molecule has 0 radical (unpaired) electrons. The molecule has 1 fully saturated rings. The minimum absolute atomic E-state index is 0.0914. The minimum atomic E-state index is -0.718. The maximum Gasteiger partial charge on any atom is 0.0990 e. The number of anilines is 1. The molecule has 0 bridgehead atoms. The number of pyridine rings is 1. The molecule has 1 saturated heterocycles. The Hall–Kier alpha value is -1.17. The summed E-state index contributed by atoms with van der Waals surface area (Å²) in [6, 6.07) is 1.77. The largest absolute Gasteiger partial charge is 0.392 e. The molecule has 0 saturated carbocycles. The molecule has 1 aliphatic heterocycles. The molecule has 3 N–H and O–H groups in total. The van der Waals surface area contributed by atoms with Gasteiger partial charge in [-0.25, -0.2) is 0 Å². The van der Waals surface area contributed by atoms with Gasteiger partial charge in [-0.15, -0.1) is 0 Å². The van der Waals surface area contributed by atoms with E-state index < -0.39 is 12.2 Å². The van der Waals surface area contributed by atoms with Gasteiger partial charge in [0.2, 0.25) is 0 Å². The first-order chi connectivity index (χ1) is 7.22. The van der Waals surface area contributed by atoms with Crippen LogP contribution < -0.4 is 4.90 Å². The smallest absolute Gasteiger partial charge is 0.0990 e. The van der Waals surface area contributed by atoms with Gasteiger partial charge in [0.05, 0.1) is 18.8 Å². The number of β-amino-alcohol motifs (C(OH)–C–C–N with tert-alkyl or cyclic N) is 2. The number of nitrogens with zero attached hydrogens (tertiary/aromatic N) is 2. The molecule has 1 aromatic rings. The summed E-state index contributed by atoms with van der Waals surface area (Å²) in [4.78, 5) is 5.76. The van der Waals surface area contributed by atoms with Gasteiger partial charge in [-0.3, -0.25) is 4.98 Å². The molecule has 0 aliphatic carbocycles. The normalized spacial score (nSPS) is 25.9. The van der Waals surface area contributed by atoms with E-state index in [0.29, 0.717) is 18.7 Å². The summed E-state index contributed by atoms with van der Waals surface area (Å²) in [6.07, 6.45) is 1.78. The third-order valence-corrected chi connectivity index (χ3v) is 2.65. The van der Waals surface area contributed by atoms with Gasteiger partial charge in [0, 0.05) is 36.7 Å². The van der Waals surface area contributed by atoms with Crippen LogP contribution in [0.3, 0.4) is 0 Å². The van der Waals surface area contributed by atoms with E-state index in [2.05, 4.69) is 4.98 Å². The molecule has 5 nitrogen and oxygen atoms in total. The van der Waals surface area contributed by atoms with Crippen molar-refractivity contribution in [3.05, 3.63) is 24.0 Å². The van der Waals surface area contributed by atoms with Crippen molar-refractivity contribution >= 4 is 5.69 Å². The SMILES string of the molecule is OCc1cnccc1N1CC(O)C(O)C1. The molecule has 82 valence electrons. The minimum Gasteiger partial charge on any atom is -0.392 e. The average molecular weight is 210 g/mol. The van der Waals surface area contributed by atoms with Crippen molar-refractivity contribution in [2.45, 2.75) is 18.8 Å². The lowest BCUT2D eigenvalue weighted by Crippen LogP contribution is -2.22. The summed E-state index contributed by atoms with van der Waals surface area (Å²) in [6.45, 7) is 0.683. The molecule has 2 rings (SSSR count). The van der Waals surface area contributed by atoms with Gasteiger partial charge in [-0.05, 0) is 6.07 Å². The maximum absolute atomic E-state index is 9.42. The Kier molecular flexibility index (Phi) is 2.86. The Bertz CT molecular complexity index is 335. The van der Waals surface area contributed by atoms with Gasteiger partial charge in [-0.2, -0.15) is 0 Å². The third-order valence-electron chi connectivity index (χ3n) is 2.65. The molecule has 0 aromatic carbocycles. The van der Waals surface area contributed by atoms with Crippen LogP contribution in [0.15, 0.2) is 18.5 Å². The predicted molar refractivity (Wildman–Crippen MR) is 54.4 cm³/mol. The lowest BCUT2D eigenvalue weighted by molar-refractivity contribution is 0.0572. The Morgan fingerprint density at radius 1 is 1.33 bits per heavy atom. The second-order valence-electron chi connectivity index (χ2n) is 3.70. The fraction of sp³-hybridized carbons (Fsp3) is 0.500. The number of hydrogen-bond donors (Lipinski definition) is 3. The topological polar surface area (TPSA) is 76.8 Å². The second kappa shape index (κ2) is 4.14. The van der Waals surface area contributed by atoms with Crippen LogP contribution in [0.25, 0.3) is 0 Å². The van der Waals surface area contributed by atoms with E-state index in [1.165, 1.54) is 0 Å². The second-order valence-corrected chi connectivity index (χ2v) is 3.70. The van der Waals surface area contributed by atoms with Crippen LogP contribution >= 0.6 is 0 Å². The van der Waals surface area contributed by atoms with E-state index in [9.17, 15) is 10.2 Å². The van der Waals surface area contributed by atoms with Crippen LogP contribution in [0.2, 0.25) is 0 Å². The molecule has 5 heteroatoms. The highest BCUT2D eigenvalue weighted by molar-refractivity contribution is 5.53. The summed E-state index contributed by atoms with van der Waals surface area (Å²) in [5.74, 6) is 0. The summed E-state index contributed by atoms with van der Waals surface area (Å²) in [5.41, 5.74) is 1.53. The number of hydrogen-bond acceptors (Lipinski definition) is 5. The summed E-state index contributed by atoms with van der Waals surface area (Å²) in [7, 11) is 0. The number of aliphatic hydroxyl groups excluding tert-OH is 3. The van der Waals surface area contributed by atoms with Crippen molar-refractivity contribution in [1.29, 1.82) is 0 Å². The molecule has 2 heterocycles.